The second kappa shape index (κ2) is 7.71. The summed E-state index contributed by atoms with van der Waals surface area (Å²) in [6.45, 7) is 4.31. The molecule has 2 N–H and O–H groups in total. The molecule has 0 aliphatic carbocycles. The molecule has 1 amide bonds. The van der Waals surface area contributed by atoms with Crippen LogP contribution in [0, 0.1) is 5.92 Å². The van der Waals surface area contributed by atoms with Crippen molar-refractivity contribution < 1.29 is 14.6 Å². The average molecular weight is 251 g/mol. The molecule has 0 bridgehead atoms. The quantitative estimate of drug-likeness (QED) is 0.815. The highest BCUT2D eigenvalue weighted by Gasteiger charge is 2.16. The molecular formula is C14H21NO3. The van der Waals surface area contributed by atoms with E-state index in [0.29, 0.717) is 6.42 Å². The van der Waals surface area contributed by atoms with Crippen molar-refractivity contribution in [2.45, 2.75) is 32.9 Å². The van der Waals surface area contributed by atoms with Crippen molar-refractivity contribution in [3.8, 4) is 0 Å². The molecular weight excluding hydrogens is 230 g/mol. The molecule has 4 nitrogen and oxygen atoms in total. The zero-order valence-corrected chi connectivity index (χ0v) is 10.9. The number of carbonyl (C=O) groups excluding carboxylic acids is 1. The van der Waals surface area contributed by atoms with Crippen molar-refractivity contribution in [3.05, 3.63) is 35.9 Å². The number of aliphatic hydroxyl groups is 1. The van der Waals surface area contributed by atoms with Gasteiger partial charge < -0.3 is 15.2 Å². The van der Waals surface area contributed by atoms with Crippen LogP contribution in [0.4, 0.5) is 4.79 Å². The van der Waals surface area contributed by atoms with E-state index in [-0.39, 0.29) is 25.2 Å². The summed E-state index contributed by atoms with van der Waals surface area (Å²) in [5, 5.41) is 11.7. The van der Waals surface area contributed by atoms with Crippen LogP contribution in [0.2, 0.25) is 0 Å². The first-order valence-electron chi connectivity index (χ1n) is 6.21. The third kappa shape index (κ3) is 5.19. The lowest BCUT2D eigenvalue weighted by Crippen LogP contribution is -2.39. The summed E-state index contributed by atoms with van der Waals surface area (Å²) in [5.74, 6) is 0.265. The van der Waals surface area contributed by atoms with Gasteiger partial charge in [-0.15, -0.1) is 0 Å². The Hall–Kier alpha value is -1.55. The monoisotopic (exact) mass is 251 g/mol. The summed E-state index contributed by atoms with van der Waals surface area (Å²) in [4.78, 5) is 11.6. The van der Waals surface area contributed by atoms with Gasteiger partial charge in [0.25, 0.3) is 0 Å². The van der Waals surface area contributed by atoms with Crippen LogP contribution in [0.5, 0.6) is 0 Å². The summed E-state index contributed by atoms with van der Waals surface area (Å²) in [6.07, 6.45) is 0.101. The van der Waals surface area contributed by atoms with Crippen LogP contribution < -0.4 is 5.32 Å². The number of hydrogen-bond donors (Lipinski definition) is 2. The van der Waals surface area contributed by atoms with Crippen molar-refractivity contribution in [2.24, 2.45) is 5.92 Å². The van der Waals surface area contributed by atoms with Gasteiger partial charge in [0.05, 0.1) is 0 Å². The number of ether oxygens (including phenoxy) is 1. The van der Waals surface area contributed by atoms with E-state index in [2.05, 4.69) is 5.32 Å². The van der Waals surface area contributed by atoms with Crippen molar-refractivity contribution in [2.75, 3.05) is 6.61 Å². The minimum atomic E-state index is -0.439. The minimum absolute atomic E-state index is 0.0572. The van der Waals surface area contributed by atoms with E-state index in [1.54, 1.807) is 0 Å². The molecule has 0 heterocycles. The first-order valence-corrected chi connectivity index (χ1v) is 6.21. The van der Waals surface area contributed by atoms with Gasteiger partial charge in [0.2, 0.25) is 0 Å². The number of nitrogens with one attached hydrogen (secondary N) is 1. The third-order valence-corrected chi connectivity index (χ3v) is 2.76. The van der Waals surface area contributed by atoms with Gasteiger partial charge in [-0.1, -0.05) is 44.2 Å². The van der Waals surface area contributed by atoms with Crippen molar-refractivity contribution in [3.63, 3.8) is 0 Å². The predicted octanol–water partition coefficient (Wildman–Crippen LogP) is 2.32. The van der Waals surface area contributed by atoms with Gasteiger partial charge in [-0.2, -0.15) is 0 Å². The molecule has 18 heavy (non-hydrogen) atoms. The van der Waals surface area contributed by atoms with E-state index in [0.717, 1.165) is 5.56 Å². The summed E-state index contributed by atoms with van der Waals surface area (Å²) in [7, 11) is 0. The maximum atomic E-state index is 11.6. The SMILES string of the molecule is CC(C)[C@H](CCO)NC(=O)OCc1ccccc1. The molecule has 0 fully saturated rings. The highest BCUT2D eigenvalue weighted by Crippen LogP contribution is 2.06. The van der Waals surface area contributed by atoms with E-state index in [9.17, 15) is 4.79 Å². The zero-order chi connectivity index (χ0) is 13.4. The van der Waals surface area contributed by atoms with Gasteiger partial charge in [0, 0.05) is 12.6 Å². The zero-order valence-electron chi connectivity index (χ0n) is 10.9. The van der Waals surface area contributed by atoms with Crippen molar-refractivity contribution >= 4 is 6.09 Å². The fourth-order valence-corrected chi connectivity index (χ4v) is 1.63. The first-order chi connectivity index (χ1) is 8.63. The van der Waals surface area contributed by atoms with Gasteiger partial charge >= 0.3 is 6.09 Å². The number of alkyl carbamates (subject to hydrolysis) is 1. The lowest BCUT2D eigenvalue weighted by atomic mass is 10.0. The molecule has 1 atom stereocenters. The molecule has 4 heteroatoms. The fraction of sp³-hybridized carbons (Fsp3) is 0.500. The Kier molecular flexibility index (Phi) is 6.22. The van der Waals surface area contributed by atoms with Crippen LogP contribution in [0.3, 0.4) is 0 Å². The molecule has 0 saturated carbocycles. The van der Waals surface area contributed by atoms with Crippen LogP contribution in [-0.4, -0.2) is 23.8 Å². The number of benzene rings is 1. The molecule has 0 saturated heterocycles. The summed E-state index contributed by atoms with van der Waals surface area (Å²) < 4.78 is 5.12. The largest absolute Gasteiger partial charge is 0.445 e. The third-order valence-electron chi connectivity index (χ3n) is 2.76. The van der Waals surface area contributed by atoms with Crippen LogP contribution in [-0.2, 0) is 11.3 Å². The number of amides is 1. The molecule has 0 spiro atoms. The molecule has 0 aromatic heterocycles. The standard InChI is InChI=1S/C14H21NO3/c1-11(2)13(8-9-16)15-14(17)18-10-12-6-4-3-5-7-12/h3-7,11,13,16H,8-10H2,1-2H3,(H,15,17)/t13-/m0/s1. The van der Waals surface area contributed by atoms with E-state index >= 15 is 0 Å². The van der Waals surface area contributed by atoms with Crippen LogP contribution in [0.15, 0.2) is 30.3 Å². The number of aliphatic hydroxyl groups excluding tert-OH is 1. The van der Waals surface area contributed by atoms with Crippen molar-refractivity contribution in [1.82, 2.24) is 5.32 Å². The van der Waals surface area contributed by atoms with Gasteiger partial charge in [-0.3, -0.25) is 0 Å². The fourth-order valence-electron chi connectivity index (χ4n) is 1.63. The van der Waals surface area contributed by atoms with Gasteiger partial charge in [-0.25, -0.2) is 4.79 Å². The molecule has 0 radical (unpaired) electrons. The topological polar surface area (TPSA) is 58.6 Å². The molecule has 0 aliphatic rings. The maximum absolute atomic E-state index is 11.6. The molecule has 1 aromatic carbocycles. The van der Waals surface area contributed by atoms with Crippen LogP contribution >= 0.6 is 0 Å². The maximum Gasteiger partial charge on any atom is 0.407 e. The summed E-state index contributed by atoms with van der Waals surface area (Å²) >= 11 is 0. The Balaban J connectivity index is 2.36. The second-order valence-electron chi connectivity index (χ2n) is 4.57. The van der Waals surface area contributed by atoms with Crippen LogP contribution in [0.1, 0.15) is 25.8 Å². The Morgan fingerprint density at radius 2 is 2.00 bits per heavy atom. The molecule has 1 aromatic rings. The Labute approximate surface area is 108 Å². The smallest absolute Gasteiger partial charge is 0.407 e. The highest BCUT2D eigenvalue weighted by atomic mass is 16.5. The van der Waals surface area contributed by atoms with E-state index in [1.165, 1.54) is 0 Å². The number of rotatable bonds is 6. The summed E-state index contributed by atoms with van der Waals surface area (Å²) in [6, 6.07) is 9.47. The van der Waals surface area contributed by atoms with Gasteiger partial charge in [0.1, 0.15) is 6.61 Å². The first kappa shape index (κ1) is 14.5. The minimum Gasteiger partial charge on any atom is -0.445 e. The molecule has 100 valence electrons. The lowest BCUT2D eigenvalue weighted by molar-refractivity contribution is 0.129. The lowest BCUT2D eigenvalue weighted by Gasteiger charge is -2.21. The summed E-state index contributed by atoms with van der Waals surface area (Å²) in [5.41, 5.74) is 0.955. The number of hydrogen-bond acceptors (Lipinski definition) is 3. The predicted molar refractivity (Wildman–Crippen MR) is 70.1 cm³/mol. The molecule has 0 aliphatic heterocycles. The van der Waals surface area contributed by atoms with E-state index < -0.39 is 6.09 Å². The Bertz CT molecular complexity index is 351. The van der Waals surface area contributed by atoms with Crippen molar-refractivity contribution in [1.29, 1.82) is 0 Å². The Morgan fingerprint density at radius 3 is 2.56 bits per heavy atom. The van der Waals surface area contributed by atoms with Gasteiger partial charge in [-0.05, 0) is 17.9 Å². The second-order valence-corrected chi connectivity index (χ2v) is 4.57. The number of carbonyl (C=O) groups is 1. The average Bonchev–Trinajstić information content (AvgIpc) is 2.37. The highest BCUT2D eigenvalue weighted by molar-refractivity contribution is 5.67. The van der Waals surface area contributed by atoms with Crippen LogP contribution in [0.25, 0.3) is 0 Å². The normalized spacial score (nSPS) is 12.2. The Morgan fingerprint density at radius 1 is 1.33 bits per heavy atom. The molecule has 0 unspecified atom stereocenters. The molecule has 1 rings (SSSR count). The van der Waals surface area contributed by atoms with Gasteiger partial charge in [0.15, 0.2) is 0 Å². The van der Waals surface area contributed by atoms with E-state index in [1.807, 2.05) is 44.2 Å². The van der Waals surface area contributed by atoms with E-state index in [4.69, 9.17) is 9.84 Å².